The summed E-state index contributed by atoms with van der Waals surface area (Å²) in [4.78, 5) is 40.7. The summed E-state index contributed by atoms with van der Waals surface area (Å²) >= 11 is 0. The lowest BCUT2D eigenvalue weighted by atomic mass is 9.96. The molecule has 2 heterocycles. The van der Waals surface area contributed by atoms with Crippen molar-refractivity contribution in [2.24, 2.45) is 17.8 Å². The van der Waals surface area contributed by atoms with Crippen molar-refractivity contribution in [2.45, 2.75) is 57.7 Å². The minimum atomic E-state index is -4.11. The number of piperidine rings is 1. The van der Waals surface area contributed by atoms with Gasteiger partial charge >= 0.3 is 6.18 Å². The van der Waals surface area contributed by atoms with Crippen LogP contribution in [0.1, 0.15) is 50.5 Å². The third kappa shape index (κ3) is 7.40. The SMILES string of the molecule is O=C1CCCC1CCN1CC(C(=O)NCc2ccc(Nc3ccc(N4CCC(C(F)(F)F)CC4)cc3)cc2)CC1=O. The molecule has 3 aliphatic rings. The van der Waals surface area contributed by atoms with Crippen LogP contribution in [-0.4, -0.2) is 54.9 Å². The predicted molar refractivity (Wildman–Crippen MR) is 151 cm³/mol. The Morgan fingerprint density at radius 3 is 2.20 bits per heavy atom. The predicted octanol–water partition coefficient (Wildman–Crippen LogP) is 5.43. The second-order valence-corrected chi connectivity index (χ2v) is 11.5. The summed E-state index contributed by atoms with van der Waals surface area (Å²) < 4.78 is 38.8. The number of benzene rings is 2. The van der Waals surface area contributed by atoms with E-state index in [-0.39, 0.29) is 42.9 Å². The molecule has 2 amide bonds. The van der Waals surface area contributed by atoms with E-state index in [2.05, 4.69) is 10.6 Å². The van der Waals surface area contributed by atoms with Gasteiger partial charge in [-0.15, -0.1) is 0 Å². The second-order valence-electron chi connectivity index (χ2n) is 11.5. The van der Waals surface area contributed by atoms with E-state index in [0.717, 1.165) is 35.5 Å². The Balaban J connectivity index is 1.04. The van der Waals surface area contributed by atoms with E-state index in [9.17, 15) is 27.6 Å². The largest absolute Gasteiger partial charge is 0.391 e. The van der Waals surface area contributed by atoms with Gasteiger partial charge in [-0.3, -0.25) is 14.4 Å². The maximum Gasteiger partial charge on any atom is 0.391 e. The first-order valence-corrected chi connectivity index (χ1v) is 14.5. The maximum absolute atomic E-state index is 12.9. The van der Waals surface area contributed by atoms with Gasteiger partial charge in [0.05, 0.1) is 11.8 Å². The molecule has 2 atom stereocenters. The molecule has 41 heavy (non-hydrogen) atoms. The summed E-state index contributed by atoms with van der Waals surface area (Å²) in [6.07, 6.45) is -0.490. The molecule has 10 heteroatoms. The number of amides is 2. The van der Waals surface area contributed by atoms with Gasteiger partial charge in [0.15, 0.2) is 0 Å². The highest BCUT2D eigenvalue weighted by atomic mass is 19.4. The van der Waals surface area contributed by atoms with Crippen LogP contribution < -0.4 is 15.5 Å². The molecule has 5 rings (SSSR count). The summed E-state index contributed by atoms with van der Waals surface area (Å²) in [6, 6.07) is 15.4. The smallest absolute Gasteiger partial charge is 0.372 e. The molecule has 2 unspecified atom stereocenters. The molecule has 1 saturated carbocycles. The number of carbonyl (C=O) groups is 3. The van der Waals surface area contributed by atoms with Crippen LogP contribution in [0.5, 0.6) is 0 Å². The molecule has 2 aromatic rings. The van der Waals surface area contributed by atoms with Crippen molar-refractivity contribution in [1.29, 1.82) is 0 Å². The van der Waals surface area contributed by atoms with Crippen LogP contribution in [0.2, 0.25) is 0 Å². The highest BCUT2D eigenvalue weighted by Crippen LogP contribution is 2.35. The van der Waals surface area contributed by atoms with Crippen molar-refractivity contribution >= 4 is 34.7 Å². The summed E-state index contributed by atoms with van der Waals surface area (Å²) in [6.45, 7) is 2.09. The van der Waals surface area contributed by atoms with Crippen LogP contribution >= 0.6 is 0 Å². The van der Waals surface area contributed by atoms with Crippen molar-refractivity contribution in [3.63, 3.8) is 0 Å². The first-order chi connectivity index (χ1) is 19.7. The van der Waals surface area contributed by atoms with Crippen LogP contribution in [0.3, 0.4) is 0 Å². The fraction of sp³-hybridized carbons (Fsp3) is 0.516. The van der Waals surface area contributed by atoms with E-state index in [1.54, 1.807) is 4.90 Å². The summed E-state index contributed by atoms with van der Waals surface area (Å²) in [5.74, 6) is -1.39. The Labute approximate surface area is 238 Å². The lowest BCUT2D eigenvalue weighted by Crippen LogP contribution is -2.38. The van der Waals surface area contributed by atoms with Gasteiger partial charge < -0.3 is 20.4 Å². The molecule has 3 fully saturated rings. The van der Waals surface area contributed by atoms with Gasteiger partial charge in [-0.1, -0.05) is 12.1 Å². The molecule has 2 saturated heterocycles. The molecule has 0 bridgehead atoms. The molecule has 0 aromatic heterocycles. The second kappa shape index (κ2) is 12.5. The van der Waals surface area contributed by atoms with E-state index >= 15 is 0 Å². The van der Waals surface area contributed by atoms with Crippen molar-refractivity contribution in [2.75, 3.05) is 36.4 Å². The monoisotopic (exact) mass is 570 g/mol. The highest BCUT2D eigenvalue weighted by Gasteiger charge is 2.41. The Kier molecular flexibility index (Phi) is 8.85. The zero-order valence-electron chi connectivity index (χ0n) is 23.1. The molecular formula is C31H37F3N4O3. The molecule has 2 N–H and O–H groups in total. The van der Waals surface area contributed by atoms with Crippen molar-refractivity contribution < 1.29 is 27.6 Å². The average molecular weight is 571 g/mol. The molecule has 1 aliphatic carbocycles. The molecule has 7 nitrogen and oxygen atoms in total. The number of hydrogen-bond acceptors (Lipinski definition) is 5. The van der Waals surface area contributed by atoms with Crippen LogP contribution in [0.4, 0.5) is 30.2 Å². The first kappa shape index (κ1) is 29.0. The summed E-state index contributed by atoms with van der Waals surface area (Å²) in [5, 5.41) is 6.27. The van der Waals surface area contributed by atoms with Crippen molar-refractivity contribution in [1.82, 2.24) is 10.2 Å². The van der Waals surface area contributed by atoms with Crippen LogP contribution in [0.15, 0.2) is 48.5 Å². The number of Topliss-reactive ketones (excluding diaryl/α,β-unsaturated/α-hetero) is 1. The quantitative estimate of drug-likeness (QED) is 0.420. The Morgan fingerprint density at radius 2 is 1.59 bits per heavy atom. The van der Waals surface area contributed by atoms with E-state index < -0.39 is 12.1 Å². The van der Waals surface area contributed by atoms with Crippen molar-refractivity contribution in [3.8, 4) is 0 Å². The molecule has 220 valence electrons. The summed E-state index contributed by atoms with van der Waals surface area (Å²) in [5.41, 5.74) is 3.59. The van der Waals surface area contributed by atoms with E-state index in [1.807, 2.05) is 53.4 Å². The van der Waals surface area contributed by atoms with Crippen LogP contribution in [0, 0.1) is 17.8 Å². The maximum atomic E-state index is 12.9. The zero-order valence-corrected chi connectivity index (χ0v) is 23.1. The molecule has 2 aliphatic heterocycles. The lowest BCUT2D eigenvalue weighted by Gasteiger charge is -2.34. The van der Waals surface area contributed by atoms with Gasteiger partial charge in [0.1, 0.15) is 5.78 Å². The van der Waals surface area contributed by atoms with Crippen LogP contribution in [0.25, 0.3) is 0 Å². The Bertz CT molecular complexity index is 1220. The number of hydrogen-bond donors (Lipinski definition) is 2. The lowest BCUT2D eigenvalue weighted by molar-refractivity contribution is -0.179. The Hall–Kier alpha value is -3.56. The normalized spacial score (nSPS) is 21.9. The number of carbonyl (C=O) groups excluding carboxylic acids is 3. The highest BCUT2D eigenvalue weighted by molar-refractivity contribution is 5.89. The van der Waals surface area contributed by atoms with Gasteiger partial charge in [-0.25, -0.2) is 0 Å². The fourth-order valence-corrected chi connectivity index (χ4v) is 6.10. The number of nitrogens with zero attached hydrogens (tertiary/aromatic N) is 2. The number of alkyl halides is 3. The molecule has 0 spiro atoms. The molecule has 2 aromatic carbocycles. The Morgan fingerprint density at radius 1 is 0.927 bits per heavy atom. The van der Waals surface area contributed by atoms with Crippen molar-refractivity contribution in [3.05, 3.63) is 54.1 Å². The minimum Gasteiger partial charge on any atom is -0.372 e. The topological polar surface area (TPSA) is 81.8 Å². The number of halogens is 3. The van der Waals surface area contributed by atoms with E-state index in [4.69, 9.17) is 0 Å². The van der Waals surface area contributed by atoms with Gasteiger partial charge in [0.2, 0.25) is 11.8 Å². The van der Waals surface area contributed by atoms with E-state index in [0.29, 0.717) is 51.3 Å². The number of likely N-dealkylation sites (tertiary alicyclic amines) is 1. The zero-order chi connectivity index (χ0) is 29.0. The fourth-order valence-electron chi connectivity index (χ4n) is 6.10. The number of nitrogens with one attached hydrogen (secondary N) is 2. The van der Waals surface area contributed by atoms with Gasteiger partial charge in [-0.2, -0.15) is 13.2 Å². The third-order valence-electron chi connectivity index (χ3n) is 8.66. The standard InChI is InChI=1S/C31H37F3N4O3/c32-31(33,34)24-13-16-37(17-14-24)27-10-8-26(9-11-27)36-25-6-4-21(5-7-25)19-35-30(41)23-18-29(40)38(20-23)15-12-22-2-1-3-28(22)39/h4-11,22-24,36H,1-3,12-20H2,(H,35,41). The first-order valence-electron chi connectivity index (χ1n) is 14.5. The molecular weight excluding hydrogens is 533 g/mol. The van der Waals surface area contributed by atoms with Gasteiger partial charge in [-0.05, 0) is 74.1 Å². The summed E-state index contributed by atoms with van der Waals surface area (Å²) in [7, 11) is 0. The molecule has 0 radical (unpaired) electrons. The number of ketones is 1. The third-order valence-corrected chi connectivity index (χ3v) is 8.66. The van der Waals surface area contributed by atoms with Gasteiger partial charge in [0.25, 0.3) is 0 Å². The average Bonchev–Trinajstić information content (AvgIpc) is 3.55. The van der Waals surface area contributed by atoms with Gasteiger partial charge in [0, 0.05) is 68.5 Å². The number of rotatable bonds is 9. The van der Waals surface area contributed by atoms with E-state index in [1.165, 1.54) is 0 Å². The number of anilines is 3. The van der Waals surface area contributed by atoms with Crippen LogP contribution in [-0.2, 0) is 20.9 Å². The minimum absolute atomic E-state index is 0.0231.